The van der Waals surface area contributed by atoms with E-state index in [1.54, 1.807) is 18.2 Å². The lowest BCUT2D eigenvalue weighted by Crippen LogP contribution is -2.61. The van der Waals surface area contributed by atoms with E-state index in [1.165, 1.54) is 34.6 Å². The highest BCUT2D eigenvalue weighted by atomic mass is 32.2. The Balaban J connectivity index is 1.44. The Hall–Kier alpha value is -1.87. The number of fused-ring (bicyclic) bond motifs is 2. The van der Waals surface area contributed by atoms with Gasteiger partial charge in [-0.2, -0.15) is 17.5 Å². The highest BCUT2D eigenvalue weighted by Crippen LogP contribution is 2.39. The largest absolute Gasteiger partial charge is 0.421 e. The van der Waals surface area contributed by atoms with Crippen molar-refractivity contribution in [3.05, 3.63) is 54.1 Å². The van der Waals surface area contributed by atoms with Crippen LogP contribution < -0.4 is 4.90 Å². The van der Waals surface area contributed by atoms with Crippen LogP contribution in [0.15, 0.2) is 58.3 Å². The van der Waals surface area contributed by atoms with Gasteiger partial charge in [0.05, 0.1) is 36.3 Å². The number of hydrogen-bond donors (Lipinski definition) is 3. The van der Waals surface area contributed by atoms with Gasteiger partial charge in [0, 0.05) is 42.8 Å². The normalized spacial score (nSPS) is 28.4. The molecule has 2 aromatic rings. The lowest BCUT2D eigenvalue weighted by molar-refractivity contribution is -0.258. The molecule has 0 amide bonds. The van der Waals surface area contributed by atoms with E-state index < -0.39 is 27.9 Å². The summed E-state index contributed by atoms with van der Waals surface area (Å²) in [5.74, 6) is 0. The van der Waals surface area contributed by atoms with Crippen LogP contribution in [-0.4, -0.2) is 97.6 Å². The molecule has 214 valence electrons. The van der Waals surface area contributed by atoms with Gasteiger partial charge in [0.1, 0.15) is 0 Å². The molecule has 39 heavy (non-hydrogen) atoms. The molecule has 2 N–H and O–H groups in total. The standard InChI is InChI=1S/C26H32F3N3O5S2/c1-25(34,26(27,28)29)17-6-8-18(9-7-17)31-11-10-30(39(35,36)24-5-3-2-4-23(24)38)13-20(31)14-32-19-12-22(33)21(32)16-37-15-19/h2-9,19-22,33-34,38H,10-16H2,1H3/t19-,20-,21-,22+,25+/m1/s1. The molecule has 5 atom stereocenters. The molecule has 0 aliphatic carbocycles. The molecule has 0 unspecified atom stereocenters. The van der Waals surface area contributed by atoms with E-state index in [0.717, 1.165) is 0 Å². The molecule has 8 nitrogen and oxygen atoms in total. The summed E-state index contributed by atoms with van der Waals surface area (Å²) in [6.07, 6.45) is -4.82. The second kappa shape index (κ2) is 10.5. The van der Waals surface area contributed by atoms with Crippen molar-refractivity contribution in [2.45, 2.75) is 59.1 Å². The van der Waals surface area contributed by atoms with Crippen LogP contribution in [0.2, 0.25) is 0 Å². The van der Waals surface area contributed by atoms with Crippen LogP contribution in [-0.2, 0) is 20.4 Å². The van der Waals surface area contributed by atoms with Gasteiger partial charge in [-0.05, 0) is 43.2 Å². The summed E-state index contributed by atoms with van der Waals surface area (Å²) in [5, 5.41) is 20.6. The predicted octanol–water partition coefficient (Wildman–Crippen LogP) is 2.46. The Bertz CT molecular complexity index is 1290. The minimum Gasteiger partial charge on any atom is -0.391 e. The smallest absolute Gasteiger partial charge is 0.391 e. The lowest BCUT2D eigenvalue weighted by Gasteiger charge is -2.46. The molecule has 0 spiro atoms. The fraction of sp³-hybridized carbons (Fsp3) is 0.538. The Morgan fingerprint density at radius 1 is 1.08 bits per heavy atom. The molecular formula is C26H32F3N3O5S2. The Labute approximate surface area is 231 Å². The third kappa shape index (κ3) is 5.30. The molecule has 3 heterocycles. The van der Waals surface area contributed by atoms with Crippen LogP contribution in [0, 0.1) is 0 Å². The van der Waals surface area contributed by atoms with E-state index in [0.29, 0.717) is 50.2 Å². The maximum atomic E-state index is 13.6. The van der Waals surface area contributed by atoms with Crippen molar-refractivity contribution in [1.29, 1.82) is 0 Å². The van der Waals surface area contributed by atoms with Gasteiger partial charge in [0.25, 0.3) is 0 Å². The minimum absolute atomic E-state index is 0.00462. The summed E-state index contributed by atoms with van der Waals surface area (Å²) in [6.45, 7) is 2.60. The highest BCUT2D eigenvalue weighted by Gasteiger charge is 2.51. The third-order valence-electron chi connectivity index (χ3n) is 8.11. The van der Waals surface area contributed by atoms with Gasteiger partial charge >= 0.3 is 6.18 Å². The van der Waals surface area contributed by atoms with Crippen LogP contribution >= 0.6 is 12.6 Å². The van der Waals surface area contributed by atoms with E-state index in [4.69, 9.17) is 4.74 Å². The zero-order valence-corrected chi connectivity index (χ0v) is 23.0. The molecule has 13 heteroatoms. The average Bonchev–Trinajstić information content (AvgIpc) is 3.04. The fourth-order valence-corrected chi connectivity index (χ4v) is 7.84. The zero-order valence-electron chi connectivity index (χ0n) is 21.3. The van der Waals surface area contributed by atoms with Crippen molar-refractivity contribution in [2.24, 2.45) is 0 Å². The second-order valence-corrected chi connectivity index (χ2v) is 12.9. The van der Waals surface area contributed by atoms with Gasteiger partial charge in [0.15, 0.2) is 5.60 Å². The van der Waals surface area contributed by atoms with Crippen LogP contribution in [0.3, 0.4) is 0 Å². The number of sulfonamides is 1. The van der Waals surface area contributed by atoms with Crippen molar-refractivity contribution < 1.29 is 36.5 Å². The average molecular weight is 588 g/mol. The second-order valence-electron chi connectivity index (χ2n) is 10.6. The van der Waals surface area contributed by atoms with E-state index in [1.807, 2.05) is 4.90 Å². The molecule has 0 aromatic heterocycles. The zero-order chi connectivity index (χ0) is 28.2. The summed E-state index contributed by atoms with van der Waals surface area (Å²) in [5.41, 5.74) is -2.66. The lowest BCUT2D eigenvalue weighted by atomic mass is 9.95. The number of aliphatic hydroxyl groups is 2. The number of rotatable bonds is 6. The molecule has 3 fully saturated rings. The monoisotopic (exact) mass is 587 g/mol. The first kappa shape index (κ1) is 28.7. The van der Waals surface area contributed by atoms with Gasteiger partial charge in [-0.3, -0.25) is 4.90 Å². The number of aliphatic hydroxyl groups excluding tert-OH is 1. The molecule has 2 aromatic carbocycles. The fourth-order valence-electron chi connectivity index (χ4n) is 5.78. The summed E-state index contributed by atoms with van der Waals surface area (Å²) < 4.78 is 74.3. The van der Waals surface area contributed by atoms with Crippen LogP contribution in [0.5, 0.6) is 0 Å². The first-order valence-electron chi connectivity index (χ1n) is 12.8. The van der Waals surface area contributed by atoms with Crippen molar-refractivity contribution in [3.63, 3.8) is 0 Å². The Morgan fingerprint density at radius 3 is 2.41 bits per heavy atom. The van der Waals surface area contributed by atoms with Gasteiger partial charge in [-0.1, -0.05) is 24.3 Å². The quantitative estimate of drug-likeness (QED) is 0.448. The Morgan fingerprint density at radius 2 is 1.77 bits per heavy atom. The van der Waals surface area contributed by atoms with E-state index in [2.05, 4.69) is 17.5 Å². The molecular weight excluding hydrogens is 555 g/mol. The summed E-state index contributed by atoms with van der Waals surface area (Å²) in [4.78, 5) is 4.61. The first-order chi connectivity index (χ1) is 18.3. The SMILES string of the molecule is C[C@](O)(c1ccc(N2CCN(S(=O)(=O)c3ccccc3S)C[C@@H]2CN2[C@H]3COC[C@@H]2[C@@H](O)C3)cc1)C(F)(F)F. The van der Waals surface area contributed by atoms with Gasteiger partial charge in [-0.15, -0.1) is 12.6 Å². The maximum absolute atomic E-state index is 13.6. The number of halogens is 3. The Kier molecular flexibility index (Phi) is 7.72. The topological polar surface area (TPSA) is 93.6 Å². The number of benzene rings is 2. The molecule has 0 saturated carbocycles. The van der Waals surface area contributed by atoms with Crippen LogP contribution in [0.4, 0.5) is 18.9 Å². The van der Waals surface area contributed by atoms with E-state index >= 15 is 0 Å². The van der Waals surface area contributed by atoms with Crippen molar-refractivity contribution in [1.82, 2.24) is 9.21 Å². The molecule has 3 saturated heterocycles. The minimum atomic E-state index is -4.84. The number of ether oxygens (including phenoxy) is 1. The van der Waals surface area contributed by atoms with Gasteiger partial charge in [0.2, 0.25) is 10.0 Å². The van der Waals surface area contributed by atoms with Crippen LogP contribution in [0.25, 0.3) is 0 Å². The van der Waals surface area contributed by atoms with E-state index in [9.17, 15) is 31.8 Å². The summed E-state index contributed by atoms with van der Waals surface area (Å²) >= 11 is 4.34. The van der Waals surface area contributed by atoms with Crippen molar-refractivity contribution in [3.8, 4) is 0 Å². The molecule has 5 rings (SSSR count). The van der Waals surface area contributed by atoms with E-state index in [-0.39, 0.29) is 41.7 Å². The van der Waals surface area contributed by atoms with Gasteiger partial charge in [-0.25, -0.2) is 8.42 Å². The molecule has 2 bridgehead atoms. The number of alkyl halides is 3. The number of thiol groups is 1. The van der Waals surface area contributed by atoms with Gasteiger partial charge < -0.3 is 19.8 Å². The first-order valence-corrected chi connectivity index (χ1v) is 14.7. The van der Waals surface area contributed by atoms with Crippen molar-refractivity contribution in [2.75, 3.05) is 44.3 Å². The molecule has 0 radical (unpaired) electrons. The number of hydrogen-bond acceptors (Lipinski definition) is 8. The predicted molar refractivity (Wildman–Crippen MR) is 141 cm³/mol. The van der Waals surface area contributed by atoms with Crippen LogP contribution in [0.1, 0.15) is 18.9 Å². The molecule has 3 aliphatic rings. The number of anilines is 1. The number of nitrogens with zero attached hydrogens (tertiary/aromatic N) is 3. The molecule has 3 aliphatic heterocycles. The highest BCUT2D eigenvalue weighted by molar-refractivity contribution is 7.90. The summed E-state index contributed by atoms with van der Waals surface area (Å²) in [6, 6.07) is 11.5. The van der Waals surface area contributed by atoms with Crippen molar-refractivity contribution >= 4 is 28.3 Å². The third-order valence-corrected chi connectivity index (χ3v) is 10.6. The summed E-state index contributed by atoms with van der Waals surface area (Å²) in [7, 11) is -3.86. The maximum Gasteiger partial charge on any atom is 0.421 e. The number of piperazine rings is 1. The number of morpholine rings is 1.